The Morgan fingerprint density at radius 2 is 2.07 bits per heavy atom. The van der Waals surface area contributed by atoms with Crippen LogP contribution in [0.1, 0.15) is 51.6 Å². The Kier molecular flexibility index (Phi) is 6.28. The van der Waals surface area contributed by atoms with Crippen LogP contribution < -0.4 is 10.3 Å². The van der Waals surface area contributed by atoms with E-state index in [0.717, 1.165) is 19.3 Å². The molecule has 0 amide bonds. The Labute approximate surface area is 172 Å². The number of hydrogen-bond acceptors (Lipinski definition) is 7. The maximum Gasteiger partial charge on any atom is 0.297 e. The summed E-state index contributed by atoms with van der Waals surface area (Å²) in [7, 11) is 1.51. The largest absolute Gasteiger partial charge is 0.493 e. The van der Waals surface area contributed by atoms with E-state index in [0.29, 0.717) is 29.1 Å². The third-order valence-corrected chi connectivity index (χ3v) is 5.95. The van der Waals surface area contributed by atoms with E-state index in [1.54, 1.807) is 6.92 Å². The Bertz CT molecular complexity index is 1190. The van der Waals surface area contributed by atoms with E-state index >= 15 is 0 Å². The number of hydrogen-bond donors (Lipinski definition) is 1. The molecule has 0 bridgehead atoms. The minimum Gasteiger partial charge on any atom is -0.493 e. The molecule has 0 saturated heterocycles. The van der Waals surface area contributed by atoms with Crippen LogP contribution in [-0.2, 0) is 9.05 Å². The lowest BCUT2D eigenvalue weighted by Crippen LogP contribution is -2.10. The quantitative estimate of drug-likeness (QED) is 0.523. The summed E-state index contributed by atoms with van der Waals surface area (Å²) in [5.74, 6) is 0.579. The van der Waals surface area contributed by atoms with Gasteiger partial charge in [0, 0.05) is 16.6 Å². The van der Waals surface area contributed by atoms with Gasteiger partial charge in [0.15, 0.2) is 0 Å². The van der Waals surface area contributed by atoms with Crippen molar-refractivity contribution in [3.63, 3.8) is 0 Å². The molecule has 0 spiro atoms. The van der Waals surface area contributed by atoms with Gasteiger partial charge in [0.25, 0.3) is 14.6 Å². The number of aromatic amines is 1. The topological polar surface area (TPSA) is 115 Å². The summed E-state index contributed by atoms with van der Waals surface area (Å²) in [6.07, 6.45) is 2.93. The number of rotatable bonds is 8. The van der Waals surface area contributed by atoms with Gasteiger partial charge in [-0.3, -0.25) is 4.79 Å². The van der Waals surface area contributed by atoms with Gasteiger partial charge >= 0.3 is 0 Å². The van der Waals surface area contributed by atoms with Gasteiger partial charge in [0.05, 0.1) is 17.1 Å². The van der Waals surface area contributed by atoms with Crippen molar-refractivity contribution in [2.24, 2.45) is 0 Å². The number of aromatic nitrogens is 3. The molecule has 156 valence electrons. The number of halogens is 1. The number of ether oxygens (including phenoxy) is 1. The molecule has 1 unspecified atom stereocenters. The average molecular weight is 440 g/mol. The zero-order valence-electron chi connectivity index (χ0n) is 16.4. The number of nitrogens with one attached hydrogen (secondary N) is 1. The van der Waals surface area contributed by atoms with Gasteiger partial charge in [-0.15, -0.1) is 0 Å². The van der Waals surface area contributed by atoms with Crippen LogP contribution in [0.3, 0.4) is 0 Å². The van der Waals surface area contributed by atoms with Gasteiger partial charge in [-0.25, -0.2) is 13.4 Å². The lowest BCUT2D eigenvalue weighted by molar-refractivity contribution is 0.341. The van der Waals surface area contributed by atoms with Crippen molar-refractivity contribution < 1.29 is 17.7 Å². The van der Waals surface area contributed by atoms with E-state index in [9.17, 15) is 13.2 Å². The normalized spacial score (nSPS) is 13.0. The van der Waals surface area contributed by atoms with E-state index < -0.39 is 14.6 Å². The second-order valence-corrected chi connectivity index (χ2v) is 9.30. The lowest BCUT2D eigenvalue weighted by atomic mass is 10.00. The summed E-state index contributed by atoms with van der Waals surface area (Å²) < 4.78 is 34.4. The highest BCUT2D eigenvalue weighted by Gasteiger charge is 2.22. The number of benzene rings is 1. The van der Waals surface area contributed by atoms with Crippen LogP contribution in [-0.4, -0.2) is 30.1 Å². The molecule has 10 heteroatoms. The molecule has 8 nitrogen and oxygen atoms in total. The van der Waals surface area contributed by atoms with Crippen LogP contribution in [0.25, 0.3) is 22.5 Å². The average Bonchev–Trinajstić information content (AvgIpc) is 3.10. The molecule has 0 fully saturated rings. The van der Waals surface area contributed by atoms with Gasteiger partial charge in [-0.1, -0.05) is 31.8 Å². The van der Waals surface area contributed by atoms with E-state index in [-0.39, 0.29) is 22.2 Å². The Balaban J connectivity index is 2.20. The molecule has 2 aromatic heterocycles. The van der Waals surface area contributed by atoms with Crippen LogP contribution in [0.2, 0.25) is 0 Å². The monoisotopic (exact) mass is 439 g/mol. The highest BCUT2D eigenvalue weighted by molar-refractivity contribution is 8.13. The van der Waals surface area contributed by atoms with Crippen molar-refractivity contribution in [3.05, 3.63) is 34.2 Å². The zero-order valence-corrected chi connectivity index (χ0v) is 17.9. The molecule has 3 rings (SSSR count). The lowest BCUT2D eigenvalue weighted by Gasteiger charge is -2.11. The van der Waals surface area contributed by atoms with Crippen LogP contribution >= 0.6 is 10.7 Å². The van der Waals surface area contributed by atoms with Crippen molar-refractivity contribution in [3.8, 4) is 17.1 Å². The SMILES string of the molecule is CCCCC(C)c1noc2c(=O)[nH]c(-c3cc(S(=O)(=O)Cl)ccc3OCC)nc12. The molecule has 0 saturated carbocycles. The maximum absolute atomic E-state index is 12.6. The summed E-state index contributed by atoms with van der Waals surface area (Å²) >= 11 is 0. The van der Waals surface area contributed by atoms with Crippen LogP contribution in [0, 0.1) is 0 Å². The molecule has 0 aliphatic rings. The Morgan fingerprint density at radius 3 is 2.72 bits per heavy atom. The zero-order chi connectivity index (χ0) is 21.2. The molecule has 0 aliphatic heterocycles. The first-order valence-electron chi connectivity index (χ1n) is 9.37. The number of nitrogens with zero attached hydrogens (tertiary/aromatic N) is 2. The van der Waals surface area contributed by atoms with Crippen LogP contribution in [0.4, 0.5) is 0 Å². The van der Waals surface area contributed by atoms with Gasteiger partial charge in [-0.2, -0.15) is 0 Å². The fourth-order valence-corrected chi connectivity index (χ4v) is 3.86. The first-order valence-corrected chi connectivity index (χ1v) is 11.7. The summed E-state index contributed by atoms with van der Waals surface area (Å²) in [6.45, 7) is 6.24. The third-order valence-electron chi connectivity index (χ3n) is 4.60. The molecular weight excluding hydrogens is 418 g/mol. The molecule has 0 aliphatic carbocycles. The summed E-state index contributed by atoms with van der Waals surface area (Å²) in [5.41, 5.74) is 0.786. The minimum atomic E-state index is -3.97. The van der Waals surface area contributed by atoms with Crippen molar-refractivity contribution in [1.29, 1.82) is 0 Å². The van der Waals surface area contributed by atoms with E-state index in [1.807, 2.05) is 6.92 Å². The smallest absolute Gasteiger partial charge is 0.297 e. The fourth-order valence-electron chi connectivity index (χ4n) is 3.08. The standard InChI is InChI=1S/C19H22ClN3O5S/c1-4-6-7-11(3)15-16-17(28-23-15)19(24)22-18(21-16)13-10-12(29(20,25)26)8-9-14(13)27-5-2/h8-11H,4-7H2,1-3H3,(H,21,22,24). The molecule has 29 heavy (non-hydrogen) atoms. The van der Waals surface area contributed by atoms with Gasteiger partial charge in [0.2, 0.25) is 5.58 Å². The first-order chi connectivity index (χ1) is 13.8. The Hall–Kier alpha value is -2.39. The van der Waals surface area contributed by atoms with Gasteiger partial charge in [-0.05, 0) is 31.5 Å². The Morgan fingerprint density at radius 1 is 1.31 bits per heavy atom. The highest BCUT2D eigenvalue weighted by atomic mass is 35.7. The fraction of sp³-hybridized carbons (Fsp3) is 0.421. The summed E-state index contributed by atoms with van der Waals surface area (Å²) in [5, 5.41) is 4.05. The third kappa shape index (κ3) is 4.45. The summed E-state index contributed by atoms with van der Waals surface area (Å²) in [6, 6.07) is 4.15. The number of fused-ring (bicyclic) bond motifs is 1. The molecule has 0 radical (unpaired) electrons. The first kappa shape index (κ1) is 21.3. The maximum atomic E-state index is 12.6. The molecule has 2 heterocycles. The van der Waals surface area contributed by atoms with Crippen molar-refractivity contribution in [1.82, 2.24) is 15.1 Å². The predicted octanol–water partition coefficient (Wildman–Crippen LogP) is 4.20. The van der Waals surface area contributed by atoms with Crippen molar-refractivity contribution >= 4 is 30.8 Å². The minimum absolute atomic E-state index is 0.0335. The van der Waals surface area contributed by atoms with Gasteiger partial charge in [0.1, 0.15) is 22.8 Å². The van der Waals surface area contributed by atoms with E-state index in [4.69, 9.17) is 19.9 Å². The van der Waals surface area contributed by atoms with E-state index in [1.165, 1.54) is 18.2 Å². The van der Waals surface area contributed by atoms with E-state index in [2.05, 4.69) is 22.0 Å². The molecule has 1 N–H and O–H groups in total. The second kappa shape index (κ2) is 8.54. The van der Waals surface area contributed by atoms with Crippen molar-refractivity contribution in [2.45, 2.75) is 50.8 Å². The van der Waals surface area contributed by atoms with Crippen LogP contribution in [0.15, 0.2) is 32.4 Å². The van der Waals surface area contributed by atoms with Gasteiger partial charge < -0.3 is 14.2 Å². The molecular formula is C19H22ClN3O5S. The second-order valence-electron chi connectivity index (χ2n) is 6.73. The number of unbranched alkanes of at least 4 members (excludes halogenated alkanes) is 1. The predicted molar refractivity (Wildman–Crippen MR) is 110 cm³/mol. The summed E-state index contributed by atoms with van der Waals surface area (Å²) in [4.78, 5) is 19.6. The molecule has 1 atom stereocenters. The van der Waals surface area contributed by atoms with Crippen LogP contribution in [0.5, 0.6) is 5.75 Å². The molecule has 3 aromatic rings. The number of H-pyrrole nitrogens is 1. The highest BCUT2D eigenvalue weighted by Crippen LogP contribution is 2.33. The molecule has 1 aromatic carbocycles. The van der Waals surface area contributed by atoms with Crippen molar-refractivity contribution in [2.75, 3.05) is 6.61 Å².